The molecule has 1 aromatic carbocycles. The molecule has 0 saturated heterocycles. The average Bonchev–Trinajstić information content (AvgIpc) is 2.83. The highest BCUT2D eigenvalue weighted by Crippen LogP contribution is 2.45. The fourth-order valence-electron chi connectivity index (χ4n) is 7.05. The molecule has 0 aliphatic heterocycles. The number of hydrogen-bond donors (Lipinski definition) is 0. The molecule has 3 fully saturated rings. The van der Waals surface area contributed by atoms with Crippen LogP contribution in [0.15, 0.2) is 24.0 Å². The Bertz CT molecular complexity index is 760. The van der Waals surface area contributed by atoms with Crippen molar-refractivity contribution in [3.05, 3.63) is 46.7 Å². The van der Waals surface area contributed by atoms with E-state index in [0.717, 1.165) is 82.0 Å². The summed E-state index contributed by atoms with van der Waals surface area (Å²) in [5.41, 5.74) is 2.71. The van der Waals surface area contributed by atoms with Gasteiger partial charge in [-0.25, -0.2) is 8.78 Å². The summed E-state index contributed by atoms with van der Waals surface area (Å²) in [6.45, 7) is 2.23. The Morgan fingerprint density at radius 2 is 1.28 bits per heavy atom. The van der Waals surface area contributed by atoms with Gasteiger partial charge in [0.1, 0.15) is 0 Å². The number of allylic oxidation sites excluding steroid dienone is 1. The first kappa shape index (κ1) is 23.8. The fraction of sp³-hybridized carbons (Fsp3) is 0.724. The monoisotopic (exact) mass is 444 g/mol. The lowest BCUT2D eigenvalue weighted by molar-refractivity contribution is 0.196. The molecule has 0 N–H and O–H groups in total. The Morgan fingerprint density at radius 1 is 0.781 bits per heavy atom. The molecule has 0 amide bonds. The maximum absolute atomic E-state index is 15.2. The second kappa shape index (κ2) is 11.2. The fourth-order valence-corrected chi connectivity index (χ4v) is 7.05. The van der Waals surface area contributed by atoms with Gasteiger partial charge in [0.05, 0.1) is 13.4 Å². The van der Waals surface area contributed by atoms with Gasteiger partial charge < -0.3 is 4.74 Å². The zero-order chi connectivity index (χ0) is 22.5. The summed E-state index contributed by atoms with van der Waals surface area (Å²) in [7, 11) is 1.73. The Labute approximate surface area is 194 Å². The van der Waals surface area contributed by atoms with Crippen molar-refractivity contribution < 1.29 is 13.5 Å². The van der Waals surface area contributed by atoms with E-state index in [1.54, 1.807) is 7.11 Å². The van der Waals surface area contributed by atoms with E-state index in [4.69, 9.17) is 4.74 Å². The van der Waals surface area contributed by atoms with Crippen LogP contribution in [0.5, 0.6) is 0 Å². The lowest BCUT2D eigenvalue weighted by Crippen LogP contribution is -2.24. The van der Waals surface area contributed by atoms with Crippen molar-refractivity contribution in [3.63, 3.8) is 0 Å². The summed E-state index contributed by atoms with van der Waals surface area (Å²) >= 11 is 0. The Kier molecular flexibility index (Phi) is 8.29. The maximum Gasteiger partial charge on any atom is 0.162 e. The minimum absolute atomic E-state index is 0.183. The van der Waals surface area contributed by atoms with Gasteiger partial charge in [-0.3, -0.25) is 0 Å². The van der Waals surface area contributed by atoms with E-state index < -0.39 is 11.6 Å². The van der Waals surface area contributed by atoms with Crippen molar-refractivity contribution >= 4 is 0 Å². The maximum atomic E-state index is 15.2. The van der Waals surface area contributed by atoms with Gasteiger partial charge >= 0.3 is 0 Å². The summed E-state index contributed by atoms with van der Waals surface area (Å²) < 4.78 is 35.5. The summed E-state index contributed by atoms with van der Waals surface area (Å²) in [5.74, 6) is 1.61. The van der Waals surface area contributed by atoms with E-state index >= 15 is 8.78 Å². The van der Waals surface area contributed by atoms with Gasteiger partial charge in [-0.2, -0.15) is 0 Å². The molecule has 1 nitrogen and oxygen atoms in total. The van der Waals surface area contributed by atoms with Crippen molar-refractivity contribution in [2.45, 2.75) is 109 Å². The number of ether oxygens (including phenoxy) is 1. The van der Waals surface area contributed by atoms with Crippen LogP contribution >= 0.6 is 0 Å². The van der Waals surface area contributed by atoms with Crippen LogP contribution in [0.25, 0.3) is 0 Å². The second-order valence-electron chi connectivity index (χ2n) is 10.8. The molecule has 3 aliphatic rings. The Morgan fingerprint density at radius 3 is 1.78 bits per heavy atom. The van der Waals surface area contributed by atoms with Crippen LogP contribution in [-0.4, -0.2) is 7.11 Å². The van der Waals surface area contributed by atoms with Crippen molar-refractivity contribution in [1.82, 2.24) is 0 Å². The molecule has 4 rings (SSSR count). The van der Waals surface area contributed by atoms with Gasteiger partial charge in [-0.05, 0) is 123 Å². The lowest BCUT2D eigenvalue weighted by atomic mass is 9.69. The third-order valence-electron chi connectivity index (χ3n) is 8.96. The first-order valence-corrected chi connectivity index (χ1v) is 13.3. The standard InChI is InChI=1S/C29H42F2O/c1-3-4-20-5-11-24(12-6-20)26-17-18-27(29(31)28(26)30)25-15-13-23(14-16-25)22-9-7-21(8-10-22)19-32-2/h17-20,22-25H,3-16H2,1-2H3. The molecule has 3 aliphatic carbocycles. The van der Waals surface area contributed by atoms with E-state index in [1.165, 1.54) is 31.3 Å². The molecular formula is C29H42F2O. The Balaban J connectivity index is 1.33. The number of methoxy groups -OCH3 is 1. The van der Waals surface area contributed by atoms with Gasteiger partial charge in [-0.1, -0.05) is 31.9 Å². The average molecular weight is 445 g/mol. The summed E-state index contributed by atoms with van der Waals surface area (Å²) in [4.78, 5) is 0. The largest absolute Gasteiger partial charge is 0.504 e. The molecule has 0 spiro atoms. The van der Waals surface area contributed by atoms with E-state index in [9.17, 15) is 0 Å². The molecule has 0 bridgehead atoms. The van der Waals surface area contributed by atoms with Crippen LogP contribution in [-0.2, 0) is 4.74 Å². The molecule has 3 heteroatoms. The van der Waals surface area contributed by atoms with E-state index in [1.807, 2.05) is 18.4 Å². The van der Waals surface area contributed by atoms with Crippen LogP contribution in [0.4, 0.5) is 8.78 Å². The molecule has 178 valence electrons. The van der Waals surface area contributed by atoms with Gasteiger partial charge in [-0.15, -0.1) is 0 Å². The van der Waals surface area contributed by atoms with E-state index in [-0.39, 0.29) is 11.8 Å². The highest BCUT2D eigenvalue weighted by atomic mass is 19.2. The van der Waals surface area contributed by atoms with Crippen LogP contribution in [0.1, 0.15) is 120 Å². The molecular weight excluding hydrogens is 402 g/mol. The number of hydrogen-bond acceptors (Lipinski definition) is 1. The van der Waals surface area contributed by atoms with Crippen LogP contribution in [0.3, 0.4) is 0 Å². The molecule has 3 saturated carbocycles. The summed E-state index contributed by atoms with van der Waals surface area (Å²) in [6, 6.07) is 3.86. The second-order valence-corrected chi connectivity index (χ2v) is 10.8. The highest BCUT2D eigenvalue weighted by molar-refractivity contribution is 5.32. The van der Waals surface area contributed by atoms with Gasteiger partial charge in [0.25, 0.3) is 0 Å². The van der Waals surface area contributed by atoms with Crippen LogP contribution in [0, 0.1) is 29.4 Å². The SMILES string of the molecule is CCCC1CCC(c2ccc(C3CCC(C4CCC(=COC)CC4)CC3)c(F)c2F)CC1. The van der Waals surface area contributed by atoms with Crippen LogP contribution in [0.2, 0.25) is 0 Å². The minimum Gasteiger partial charge on any atom is -0.504 e. The summed E-state index contributed by atoms with van der Waals surface area (Å²) in [5, 5.41) is 0. The first-order chi connectivity index (χ1) is 15.6. The predicted octanol–water partition coefficient (Wildman–Crippen LogP) is 9.03. The van der Waals surface area contributed by atoms with E-state index in [2.05, 4.69) is 6.92 Å². The van der Waals surface area contributed by atoms with E-state index in [0.29, 0.717) is 11.1 Å². The quantitative estimate of drug-likeness (QED) is 0.398. The number of benzene rings is 1. The van der Waals surface area contributed by atoms with Crippen molar-refractivity contribution in [3.8, 4) is 0 Å². The third-order valence-corrected chi connectivity index (χ3v) is 8.96. The predicted molar refractivity (Wildman–Crippen MR) is 128 cm³/mol. The molecule has 0 radical (unpaired) electrons. The molecule has 0 heterocycles. The number of halogens is 2. The smallest absolute Gasteiger partial charge is 0.162 e. The zero-order valence-corrected chi connectivity index (χ0v) is 20.2. The normalized spacial score (nSPS) is 31.4. The molecule has 0 atom stereocenters. The van der Waals surface area contributed by atoms with Crippen molar-refractivity contribution in [2.24, 2.45) is 17.8 Å². The molecule has 0 aromatic heterocycles. The van der Waals surface area contributed by atoms with Gasteiger partial charge in [0.2, 0.25) is 0 Å². The zero-order valence-electron chi connectivity index (χ0n) is 20.2. The van der Waals surface area contributed by atoms with Crippen LogP contribution < -0.4 is 0 Å². The Hall–Kier alpha value is -1.38. The summed E-state index contributed by atoms with van der Waals surface area (Å²) in [6.07, 6.45) is 17.9. The third kappa shape index (κ3) is 5.39. The molecule has 0 unspecified atom stereocenters. The van der Waals surface area contributed by atoms with Gasteiger partial charge in [0.15, 0.2) is 11.6 Å². The van der Waals surface area contributed by atoms with Crippen molar-refractivity contribution in [1.29, 1.82) is 0 Å². The number of rotatable bonds is 6. The topological polar surface area (TPSA) is 9.23 Å². The van der Waals surface area contributed by atoms with Gasteiger partial charge in [0, 0.05) is 0 Å². The molecule has 32 heavy (non-hydrogen) atoms. The van der Waals surface area contributed by atoms with Crippen molar-refractivity contribution in [2.75, 3.05) is 7.11 Å². The molecule has 1 aromatic rings. The lowest BCUT2D eigenvalue weighted by Gasteiger charge is -2.36. The minimum atomic E-state index is -0.548. The first-order valence-electron chi connectivity index (χ1n) is 13.3. The highest BCUT2D eigenvalue weighted by Gasteiger charge is 2.32.